The Hall–Kier alpha value is -6.17. The number of furan rings is 1. The van der Waals surface area contributed by atoms with E-state index in [4.69, 9.17) is 9.40 Å². The van der Waals surface area contributed by atoms with E-state index in [2.05, 4.69) is 149 Å². The zero-order valence-corrected chi connectivity index (χ0v) is 26.4. The SMILES string of the molecule is c1ccc2c(c1)oc1ccc(-c3nc4c(-n5c6ccccc6c6ccccc65)ccc(-n5c6ccccc6c6ccccc65)c4s3)cc12. The highest BCUT2D eigenvalue weighted by molar-refractivity contribution is 7.22. The Labute approximate surface area is 278 Å². The van der Waals surface area contributed by atoms with Gasteiger partial charge in [0, 0.05) is 37.9 Å². The lowest BCUT2D eigenvalue weighted by atomic mass is 10.1. The third kappa shape index (κ3) is 3.51. The molecule has 0 atom stereocenters. The largest absolute Gasteiger partial charge is 0.456 e. The summed E-state index contributed by atoms with van der Waals surface area (Å²) in [6.07, 6.45) is 0. The number of benzene rings is 7. The number of thiazole rings is 1. The summed E-state index contributed by atoms with van der Waals surface area (Å²) >= 11 is 1.76. The van der Waals surface area contributed by atoms with Gasteiger partial charge in [-0.2, -0.15) is 0 Å². The minimum absolute atomic E-state index is 0.887. The van der Waals surface area contributed by atoms with E-state index < -0.39 is 0 Å². The number of hydrogen-bond acceptors (Lipinski definition) is 3. The molecule has 0 bridgehead atoms. The molecule has 5 heteroatoms. The monoisotopic (exact) mass is 631 g/mol. The van der Waals surface area contributed by atoms with Crippen molar-refractivity contribution in [2.45, 2.75) is 0 Å². The van der Waals surface area contributed by atoms with Gasteiger partial charge in [-0.25, -0.2) is 4.98 Å². The van der Waals surface area contributed by atoms with E-state index in [1.54, 1.807) is 11.3 Å². The maximum absolute atomic E-state index is 6.18. The molecule has 0 N–H and O–H groups in total. The molecule has 0 aliphatic heterocycles. The van der Waals surface area contributed by atoms with Crippen LogP contribution < -0.4 is 0 Å². The van der Waals surface area contributed by atoms with Crippen molar-refractivity contribution < 1.29 is 4.42 Å². The summed E-state index contributed by atoms with van der Waals surface area (Å²) in [5, 5.41) is 8.16. The summed E-state index contributed by atoms with van der Waals surface area (Å²) in [5.74, 6) is 0. The first-order chi connectivity index (χ1) is 23.8. The van der Waals surface area contributed by atoms with E-state index in [0.717, 1.165) is 54.1 Å². The van der Waals surface area contributed by atoms with Crippen molar-refractivity contribution in [2.24, 2.45) is 0 Å². The Balaban J connectivity index is 1.25. The first-order valence-corrected chi connectivity index (χ1v) is 17.0. The highest BCUT2D eigenvalue weighted by atomic mass is 32.1. The molecule has 0 radical (unpaired) electrons. The van der Waals surface area contributed by atoms with Crippen LogP contribution in [0.1, 0.15) is 0 Å². The van der Waals surface area contributed by atoms with Gasteiger partial charge in [0.15, 0.2) is 0 Å². The fourth-order valence-electron chi connectivity index (χ4n) is 7.68. The van der Waals surface area contributed by atoms with Crippen LogP contribution in [0.2, 0.25) is 0 Å². The van der Waals surface area contributed by atoms with Crippen LogP contribution in [0.3, 0.4) is 0 Å². The summed E-state index contributed by atoms with van der Waals surface area (Å²) in [4.78, 5) is 5.51. The predicted octanol–water partition coefficient (Wildman–Crippen LogP) is 12.1. The van der Waals surface area contributed by atoms with Gasteiger partial charge in [0.1, 0.15) is 21.7 Å². The summed E-state index contributed by atoms with van der Waals surface area (Å²) in [5.41, 5.74) is 10.8. The quantitative estimate of drug-likeness (QED) is 0.194. The minimum Gasteiger partial charge on any atom is -0.456 e. The number of nitrogens with zero attached hydrogens (tertiary/aromatic N) is 3. The summed E-state index contributed by atoms with van der Waals surface area (Å²) in [7, 11) is 0. The standard InChI is InChI=1S/C43H25N3OS/c1-6-16-33-27(11-1)28-12-2-7-17-34(28)45(33)37-22-23-38(46-35-18-8-3-13-29(35)30-14-4-9-19-36(30)46)42-41(37)44-43(48-42)26-21-24-40-32(25-26)31-15-5-10-20-39(31)47-40/h1-25H. The number of aromatic nitrogens is 3. The van der Waals surface area contributed by atoms with Gasteiger partial charge >= 0.3 is 0 Å². The van der Waals surface area contributed by atoms with Crippen LogP contribution >= 0.6 is 11.3 Å². The lowest BCUT2D eigenvalue weighted by Crippen LogP contribution is -1.99. The molecule has 48 heavy (non-hydrogen) atoms. The van der Waals surface area contributed by atoms with Crippen LogP contribution in [0.15, 0.2) is 156 Å². The number of fused-ring (bicyclic) bond motifs is 10. The third-order valence-electron chi connectivity index (χ3n) is 9.77. The molecule has 0 saturated carbocycles. The topological polar surface area (TPSA) is 35.9 Å². The maximum Gasteiger partial charge on any atom is 0.135 e. The van der Waals surface area contributed by atoms with E-state index in [0.29, 0.717) is 0 Å². The molecule has 0 fully saturated rings. The van der Waals surface area contributed by atoms with E-state index in [1.165, 1.54) is 43.6 Å². The third-order valence-corrected chi connectivity index (χ3v) is 10.9. The number of para-hydroxylation sites is 5. The molecule has 224 valence electrons. The Morgan fingerprint density at radius 1 is 0.438 bits per heavy atom. The smallest absolute Gasteiger partial charge is 0.135 e. The number of rotatable bonds is 3. The van der Waals surface area contributed by atoms with Crippen molar-refractivity contribution in [3.8, 4) is 21.9 Å². The van der Waals surface area contributed by atoms with Crippen molar-refractivity contribution in [2.75, 3.05) is 0 Å². The first-order valence-electron chi connectivity index (χ1n) is 16.1. The summed E-state index contributed by atoms with van der Waals surface area (Å²) in [6, 6.07) is 54.0. The van der Waals surface area contributed by atoms with Crippen LogP contribution in [0.4, 0.5) is 0 Å². The molecule has 0 spiro atoms. The van der Waals surface area contributed by atoms with E-state index in [-0.39, 0.29) is 0 Å². The molecule has 4 heterocycles. The van der Waals surface area contributed by atoms with E-state index in [9.17, 15) is 0 Å². The molecule has 0 amide bonds. The fourth-order valence-corrected chi connectivity index (χ4v) is 8.77. The average molecular weight is 632 g/mol. The molecule has 4 nitrogen and oxygen atoms in total. The molecular weight excluding hydrogens is 607 g/mol. The van der Waals surface area contributed by atoms with Gasteiger partial charge in [0.05, 0.1) is 38.1 Å². The predicted molar refractivity (Wildman–Crippen MR) is 201 cm³/mol. The van der Waals surface area contributed by atoms with Gasteiger partial charge in [0.25, 0.3) is 0 Å². The zero-order valence-electron chi connectivity index (χ0n) is 25.6. The fraction of sp³-hybridized carbons (Fsp3) is 0. The van der Waals surface area contributed by atoms with Gasteiger partial charge in [0.2, 0.25) is 0 Å². The van der Waals surface area contributed by atoms with Crippen LogP contribution in [0.5, 0.6) is 0 Å². The van der Waals surface area contributed by atoms with E-state index in [1.807, 2.05) is 12.1 Å². The highest BCUT2D eigenvalue weighted by Gasteiger charge is 2.22. The zero-order chi connectivity index (χ0) is 31.3. The molecule has 0 aliphatic carbocycles. The van der Waals surface area contributed by atoms with Crippen molar-refractivity contribution in [1.29, 1.82) is 0 Å². The molecule has 0 aliphatic rings. The van der Waals surface area contributed by atoms with Crippen molar-refractivity contribution in [1.82, 2.24) is 14.1 Å². The first kappa shape index (κ1) is 26.0. The second-order valence-corrected chi connectivity index (χ2v) is 13.3. The molecule has 4 aromatic heterocycles. The van der Waals surface area contributed by atoms with Crippen molar-refractivity contribution in [3.05, 3.63) is 152 Å². The van der Waals surface area contributed by atoms with Crippen LogP contribution in [0, 0.1) is 0 Å². The second-order valence-electron chi connectivity index (χ2n) is 12.3. The lowest BCUT2D eigenvalue weighted by molar-refractivity contribution is 0.669. The Bertz CT molecular complexity index is 2820. The van der Waals surface area contributed by atoms with Crippen molar-refractivity contribution in [3.63, 3.8) is 0 Å². The van der Waals surface area contributed by atoms with Crippen LogP contribution in [0.25, 0.3) is 97.7 Å². The lowest BCUT2D eigenvalue weighted by Gasteiger charge is -2.13. The number of hydrogen-bond donors (Lipinski definition) is 0. The molecular formula is C43H25N3OS. The van der Waals surface area contributed by atoms with Crippen molar-refractivity contribution >= 4 is 87.1 Å². The Kier molecular flexibility index (Phi) is 5.23. The molecule has 0 unspecified atom stereocenters. The minimum atomic E-state index is 0.887. The Morgan fingerprint density at radius 2 is 0.917 bits per heavy atom. The highest BCUT2D eigenvalue weighted by Crippen LogP contribution is 2.43. The molecule has 11 aromatic rings. The van der Waals surface area contributed by atoms with Gasteiger partial charge in [-0.3, -0.25) is 0 Å². The van der Waals surface area contributed by atoms with Crippen LogP contribution in [-0.4, -0.2) is 14.1 Å². The second kappa shape index (κ2) is 9.67. The maximum atomic E-state index is 6.18. The van der Waals surface area contributed by atoms with E-state index >= 15 is 0 Å². The molecule has 7 aromatic carbocycles. The van der Waals surface area contributed by atoms with Gasteiger partial charge in [-0.1, -0.05) is 91.0 Å². The Morgan fingerprint density at radius 3 is 1.52 bits per heavy atom. The van der Waals surface area contributed by atoms with Gasteiger partial charge in [-0.05, 0) is 60.7 Å². The molecule has 0 saturated heterocycles. The van der Waals surface area contributed by atoms with Gasteiger partial charge in [-0.15, -0.1) is 11.3 Å². The summed E-state index contributed by atoms with van der Waals surface area (Å²) < 4.78 is 12.1. The normalized spacial score (nSPS) is 12.2. The average Bonchev–Trinajstić information content (AvgIpc) is 3.91. The summed E-state index contributed by atoms with van der Waals surface area (Å²) in [6.45, 7) is 0. The molecule has 11 rings (SSSR count). The van der Waals surface area contributed by atoms with Gasteiger partial charge < -0.3 is 13.6 Å². The van der Waals surface area contributed by atoms with Crippen LogP contribution in [-0.2, 0) is 0 Å².